The molecule has 0 bridgehead atoms. The molecule has 2 aliphatic heterocycles. The van der Waals surface area contributed by atoms with Gasteiger partial charge in [0, 0.05) is 38.3 Å². The summed E-state index contributed by atoms with van der Waals surface area (Å²) >= 11 is 0. The van der Waals surface area contributed by atoms with Crippen LogP contribution in [-0.2, 0) is 0 Å². The van der Waals surface area contributed by atoms with Gasteiger partial charge in [0.2, 0.25) is 0 Å². The molecule has 2 rings (SSSR count). The second-order valence-corrected chi connectivity index (χ2v) is 5.07. The van der Waals surface area contributed by atoms with Gasteiger partial charge >= 0.3 is 0 Å². The third-order valence-corrected chi connectivity index (χ3v) is 4.07. The molecular weight excluding hydrogens is 186 g/mol. The first-order valence-corrected chi connectivity index (χ1v) is 6.47. The molecule has 0 aliphatic carbocycles. The molecule has 1 N–H and O–H groups in total. The van der Waals surface area contributed by atoms with E-state index >= 15 is 0 Å². The Labute approximate surface area is 93.8 Å². The molecule has 2 atom stereocenters. The first-order valence-electron chi connectivity index (χ1n) is 6.47. The zero-order chi connectivity index (χ0) is 10.7. The van der Waals surface area contributed by atoms with Crippen molar-refractivity contribution < 1.29 is 0 Å². The first-order chi connectivity index (χ1) is 7.27. The maximum Gasteiger partial charge on any atom is 0.0219 e. The average Bonchev–Trinajstić information content (AvgIpc) is 2.73. The number of likely N-dealkylation sites (tertiary alicyclic amines) is 1. The van der Waals surface area contributed by atoms with Crippen molar-refractivity contribution in [3.8, 4) is 0 Å². The van der Waals surface area contributed by atoms with Crippen molar-refractivity contribution in [1.82, 2.24) is 15.1 Å². The molecule has 2 aliphatic rings. The lowest BCUT2D eigenvalue weighted by Crippen LogP contribution is -2.56. The van der Waals surface area contributed by atoms with E-state index in [0.717, 1.165) is 6.54 Å². The molecule has 88 valence electrons. The molecule has 2 heterocycles. The standard InChI is InChI=1S/C12H25N3/c1-11-12(2)15(8-5-13-11)10-9-14-6-3-4-7-14/h11-13H,3-10H2,1-2H3. The zero-order valence-electron chi connectivity index (χ0n) is 10.2. The molecule has 0 aromatic rings. The highest BCUT2D eigenvalue weighted by Crippen LogP contribution is 2.11. The van der Waals surface area contributed by atoms with Gasteiger partial charge in [-0.05, 0) is 39.8 Å². The van der Waals surface area contributed by atoms with E-state index in [4.69, 9.17) is 0 Å². The Morgan fingerprint density at radius 1 is 1.07 bits per heavy atom. The fraction of sp³-hybridized carbons (Fsp3) is 1.00. The molecule has 0 radical (unpaired) electrons. The number of rotatable bonds is 3. The second kappa shape index (κ2) is 5.28. The third kappa shape index (κ3) is 2.92. The van der Waals surface area contributed by atoms with E-state index in [1.165, 1.54) is 45.6 Å². The van der Waals surface area contributed by atoms with Crippen LogP contribution in [-0.4, -0.2) is 61.2 Å². The molecule has 3 nitrogen and oxygen atoms in total. The molecule has 0 saturated carbocycles. The number of nitrogens with one attached hydrogen (secondary N) is 1. The van der Waals surface area contributed by atoms with Gasteiger partial charge in [-0.3, -0.25) is 4.90 Å². The molecule has 0 amide bonds. The Kier molecular flexibility index (Phi) is 4.00. The first kappa shape index (κ1) is 11.4. The van der Waals surface area contributed by atoms with Crippen LogP contribution in [0.15, 0.2) is 0 Å². The number of hydrogen-bond acceptors (Lipinski definition) is 3. The summed E-state index contributed by atoms with van der Waals surface area (Å²) < 4.78 is 0. The second-order valence-electron chi connectivity index (χ2n) is 5.07. The van der Waals surface area contributed by atoms with Crippen molar-refractivity contribution >= 4 is 0 Å². The van der Waals surface area contributed by atoms with Crippen molar-refractivity contribution in [3.63, 3.8) is 0 Å². The lowest BCUT2D eigenvalue weighted by Gasteiger charge is -2.39. The summed E-state index contributed by atoms with van der Waals surface area (Å²) in [5.74, 6) is 0. The zero-order valence-corrected chi connectivity index (χ0v) is 10.2. The predicted octanol–water partition coefficient (Wildman–Crippen LogP) is 0.764. The Morgan fingerprint density at radius 2 is 1.80 bits per heavy atom. The maximum atomic E-state index is 3.53. The van der Waals surface area contributed by atoms with Crippen molar-refractivity contribution in [2.45, 2.75) is 38.8 Å². The molecule has 0 aromatic carbocycles. The highest BCUT2D eigenvalue weighted by molar-refractivity contribution is 4.84. The van der Waals surface area contributed by atoms with Crippen molar-refractivity contribution in [2.24, 2.45) is 0 Å². The fourth-order valence-corrected chi connectivity index (χ4v) is 2.72. The normalized spacial score (nSPS) is 34.8. The Bertz CT molecular complexity index is 189. The molecule has 15 heavy (non-hydrogen) atoms. The summed E-state index contributed by atoms with van der Waals surface area (Å²) in [6.45, 7) is 12.2. The van der Waals surface area contributed by atoms with E-state index < -0.39 is 0 Å². The van der Waals surface area contributed by atoms with Crippen LogP contribution in [0.5, 0.6) is 0 Å². The summed E-state index contributed by atoms with van der Waals surface area (Å²) in [6, 6.07) is 1.35. The molecule has 2 saturated heterocycles. The minimum atomic E-state index is 0.650. The largest absolute Gasteiger partial charge is 0.311 e. The minimum Gasteiger partial charge on any atom is -0.311 e. The van der Waals surface area contributed by atoms with E-state index in [9.17, 15) is 0 Å². The number of piperazine rings is 1. The van der Waals surface area contributed by atoms with E-state index in [1.54, 1.807) is 0 Å². The Morgan fingerprint density at radius 3 is 2.53 bits per heavy atom. The summed E-state index contributed by atoms with van der Waals surface area (Å²) in [5.41, 5.74) is 0. The molecule has 2 fully saturated rings. The van der Waals surface area contributed by atoms with Crippen LogP contribution < -0.4 is 5.32 Å². The van der Waals surface area contributed by atoms with Crippen LogP contribution in [0.3, 0.4) is 0 Å². The summed E-state index contributed by atoms with van der Waals surface area (Å²) in [4.78, 5) is 5.25. The Balaban J connectivity index is 1.72. The third-order valence-electron chi connectivity index (χ3n) is 4.07. The van der Waals surface area contributed by atoms with Gasteiger partial charge < -0.3 is 10.2 Å². The molecule has 0 aromatic heterocycles. The molecule has 2 unspecified atom stereocenters. The lowest BCUT2D eigenvalue weighted by atomic mass is 10.1. The van der Waals surface area contributed by atoms with E-state index in [0.29, 0.717) is 12.1 Å². The number of hydrogen-bond donors (Lipinski definition) is 1. The highest BCUT2D eigenvalue weighted by atomic mass is 15.3. The van der Waals surface area contributed by atoms with Crippen LogP contribution in [0.1, 0.15) is 26.7 Å². The summed E-state index contributed by atoms with van der Waals surface area (Å²) in [6.07, 6.45) is 2.82. The van der Waals surface area contributed by atoms with E-state index in [1.807, 2.05) is 0 Å². The minimum absolute atomic E-state index is 0.650. The lowest BCUT2D eigenvalue weighted by molar-refractivity contribution is 0.124. The van der Waals surface area contributed by atoms with Crippen molar-refractivity contribution in [1.29, 1.82) is 0 Å². The summed E-state index contributed by atoms with van der Waals surface area (Å²) in [5, 5.41) is 3.53. The van der Waals surface area contributed by atoms with Gasteiger partial charge in [-0.1, -0.05) is 0 Å². The fourth-order valence-electron chi connectivity index (χ4n) is 2.72. The molecular formula is C12H25N3. The SMILES string of the molecule is CC1NCCN(CCN2CCCC2)C1C. The van der Waals surface area contributed by atoms with Crippen LogP contribution in [0.2, 0.25) is 0 Å². The Hall–Kier alpha value is -0.120. The van der Waals surface area contributed by atoms with Gasteiger partial charge in [-0.15, -0.1) is 0 Å². The highest BCUT2D eigenvalue weighted by Gasteiger charge is 2.24. The van der Waals surface area contributed by atoms with E-state index in [-0.39, 0.29) is 0 Å². The van der Waals surface area contributed by atoms with Gasteiger partial charge in [-0.25, -0.2) is 0 Å². The van der Waals surface area contributed by atoms with Crippen LogP contribution in [0.4, 0.5) is 0 Å². The average molecular weight is 211 g/mol. The van der Waals surface area contributed by atoms with Crippen LogP contribution in [0, 0.1) is 0 Å². The molecule has 3 heteroatoms. The van der Waals surface area contributed by atoms with Crippen LogP contribution >= 0.6 is 0 Å². The maximum absolute atomic E-state index is 3.53. The van der Waals surface area contributed by atoms with Crippen molar-refractivity contribution in [3.05, 3.63) is 0 Å². The van der Waals surface area contributed by atoms with Gasteiger partial charge in [0.05, 0.1) is 0 Å². The quantitative estimate of drug-likeness (QED) is 0.744. The monoisotopic (exact) mass is 211 g/mol. The van der Waals surface area contributed by atoms with Gasteiger partial charge in [0.1, 0.15) is 0 Å². The van der Waals surface area contributed by atoms with Crippen molar-refractivity contribution in [2.75, 3.05) is 39.3 Å². The van der Waals surface area contributed by atoms with Gasteiger partial charge in [-0.2, -0.15) is 0 Å². The topological polar surface area (TPSA) is 18.5 Å². The van der Waals surface area contributed by atoms with Gasteiger partial charge in [0.15, 0.2) is 0 Å². The van der Waals surface area contributed by atoms with Crippen LogP contribution in [0.25, 0.3) is 0 Å². The number of nitrogens with zero attached hydrogens (tertiary/aromatic N) is 2. The smallest absolute Gasteiger partial charge is 0.0219 e. The van der Waals surface area contributed by atoms with Gasteiger partial charge in [0.25, 0.3) is 0 Å². The molecule has 0 spiro atoms. The van der Waals surface area contributed by atoms with E-state index in [2.05, 4.69) is 29.0 Å². The summed E-state index contributed by atoms with van der Waals surface area (Å²) in [7, 11) is 0. The predicted molar refractivity (Wildman–Crippen MR) is 64.2 cm³/mol.